The molecule has 4 N–H and O–H groups in total. The third-order valence-corrected chi connectivity index (χ3v) is 3.66. The number of thiophene rings is 1. The first-order valence-corrected chi connectivity index (χ1v) is 6.45. The molecular weight excluding hydrogens is 256 g/mol. The number of rotatable bonds is 5. The zero-order valence-electron chi connectivity index (χ0n) is 10.2. The third-order valence-electron chi connectivity index (χ3n) is 2.36. The van der Waals surface area contributed by atoms with Crippen LogP contribution in [0.15, 0.2) is 0 Å². The summed E-state index contributed by atoms with van der Waals surface area (Å²) < 4.78 is 0. The summed E-state index contributed by atoms with van der Waals surface area (Å²) in [5, 5.41) is 22.4. The molecule has 0 fully saturated rings. The van der Waals surface area contributed by atoms with Gasteiger partial charge in [0.05, 0.1) is 5.69 Å². The number of amides is 2. The van der Waals surface area contributed by atoms with Gasteiger partial charge in [0.1, 0.15) is 5.00 Å². The molecule has 18 heavy (non-hydrogen) atoms. The molecule has 1 aromatic heterocycles. The van der Waals surface area contributed by atoms with Crippen molar-refractivity contribution in [2.24, 2.45) is 0 Å². The van der Waals surface area contributed by atoms with Crippen molar-refractivity contribution in [3.8, 4) is 0 Å². The van der Waals surface area contributed by atoms with Gasteiger partial charge >= 0.3 is 12.2 Å². The summed E-state index contributed by atoms with van der Waals surface area (Å²) in [5.74, 6) is 0. The fraction of sp³-hybridized carbons (Fsp3) is 0.455. The SMILES string of the molecule is CCCc1c(CC)sc(NC(=O)O)c1NC(=O)O. The quantitative estimate of drug-likeness (QED) is 0.659. The summed E-state index contributed by atoms with van der Waals surface area (Å²) in [4.78, 5) is 22.5. The van der Waals surface area contributed by atoms with Gasteiger partial charge in [-0.25, -0.2) is 9.59 Å². The Labute approximate surface area is 109 Å². The van der Waals surface area contributed by atoms with E-state index in [9.17, 15) is 9.59 Å². The van der Waals surface area contributed by atoms with Gasteiger partial charge in [0.25, 0.3) is 0 Å². The highest BCUT2D eigenvalue weighted by atomic mass is 32.1. The van der Waals surface area contributed by atoms with Gasteiger partial charge in [-0.15, -0.1) is 11.3 Å². The van der Waals surface area contributed by atoms with E-state index in [0.717, 1.165) is 29.7 Å². The molecule has 0 saturated carbocycles. The molecule has 0 aliphatic carbocycles. The van der Waals surface area contributed by atoms with Gasteiger partial charge in [-0.2, -0.15) is 0 Å². The minimum atomic E-state index is -1.20. The first kappa shape index (κ1) is 14.3. The molecule has 0 unspecified atom stereocenters. The Hall–Kier alpha value is -1.76. The minimum Gasteiger partial charge on any atom is -0.465 e. The van der Waals surface area contributed by atoms with Crippen LogP contribution in [-0.2, 0) is 12.8 Å². The van der Waals surface area contributed by atoms with Gasteiger partial charge in [-0.3, -0.25) is 10.6 Å². The highest BCUT2D eigenvalue weighted by Crippen LogP contribution is 2.39. The summed E-state index contributed by atoms with van der Waals surface area (Å²) in [6.07, 6.45) is -0.0619. The second kappa shape index (κ2) is 6.25. The van der Waals surface area contributed by atoms with Crippen LogP contribution in [0.1, 0.15) is 30.7 Å². The Balaban J connectivity index is 3.22. The van der Waals surface area contributed by atoms with Crippen molar-refractivity contribution in [1.82, 2.24) is 0 Å². The Morgan fingerprint density at radius 3 is 2.22 bits per heavy atom. The molecule has 100 valence electrons. The summed E-state index contributed by atoms with van der Waals surface area (Å²) in [6, 6.07) is 0. The van der Waals surface area contributed by atoms with Gasteiger partial charge in [0.15, 0.2) is 0 Å². The first-order chi connectivity index (χ1) is 8.49. The van der Waals surface area contributed by atoms with E-state index in [4.69, 9.17) is 10.2 Å². The molecule has 0 bridgehead atoms. The molecule has 0 aliphatic rings. The van der Waals surface area contributed by atoms with Crippen molar-refractivity contribution >= 4 is 34.2 Å². The lowest BCUT2D eigenvalue weighted by Crippen LogP contribution is -2.12. The molecule has 0 aliphatic heterocycles. The molecule has 0 aromatic carbocycles. The van der Waals surface area contributed by atoms with Crippen LogP contribution in [0.4, 0.5) is 20.3 Å². The molecule has 0 atom stereocenters. The molecule has 6 nitrogen and oxygen atoms in total. The van der Waals surface area contributed by atoms with E-state index in [2.05, 4.69) is 10.6 Å². The number of nitrogens with one attached hydrogen (secondary N) is 2. The number of hydrogen-bond acceptors (Lipinski definition) is 3. The second-order valence-corrected chi connectivity index (χ2v) is 4.78. The third kappa shape index (κ3) is 3.36. The summed E-state index contributed by atoms with van der Waals surface area (Å²) in [5.41, 5.74) is 1.25. The molecule has 0 radical (unpaired) electrons. The van der Waals surface area contributed by atoms with Crippen molar-refractivity contribution in [3.63, 3.8) is 0 Å². The van der Waals surface area contributed by atoms with Gasteiger partial charge in [-0.05, 0) is 18.4 Å². The van der Waals surface area contributed by atoms with Gasteiger partial charge < -0.3 is 10.2 Å². The topological polar surface area (TPSA) is 98.7 Å². The summed E-state index contributed by atoms with van der Waals surface area (Å²) in [7, 11) is 0. The van der Waals surface area contributed by atoms with Crippen LogP contribution in [0.2, 0.25) is 0 Å². The van der Waals surface area contributed by atoms with Crippen molar-refractivity contribution in [3.05, 3.63) is 10.4 Å². The molecule has 2 amide bonds. The van der Waals surface area contributed by atoms with E-state index in [1.54, 1.807) is 0 Å². The normalized spacial score (nSPS) is 10.1. The Morgan fingerprint density at radius 2 is 1.78 bits per heavy atom. The van der Waals surface area contributed by atoms with E-state index in [0.29, 0.717) is 10.7 Å². The zero-order valence-corrected chi connectivity index (χ0v) is 11.1. The number of anilines is 2. The van der Waals surface area contributed by atoms with Gasteiger partial charge in [-0.1, -0.05) is 20.3 Å². The van der Waals surface area contributed by atoms with Crippen molar-refractivity contribution < 1.29 is 19.8 Å². The number of carboxylic acid groups (broad SMARTS) is 2. The smallest absolute Gasteiger partial charge is 0.409 e. The van der Waals surface area contributed by atoms with E-state index in [1.165, 1.54) is 11.3 Å². The van der Waals surface area contributed by atoms with Crippen LogP contribution in [-0.4, -0.2) is 22.4 Å². The fourth-order valence-electron chi connectivity index (χ4n) is 1.74. The van der Waals surface area contributed by atoms with Crippen molar-refractivity contribution in [2.45, 2.75) is 33.1 Å². The molecular formula is C11H16N2O4S. The minimum absolute atomic E-state index is 0.338. The maximum Gasteiger partial charge on any atom is 0.409 e. The molecule has 0 spiro atoms. The van der Waals surface area contributed by atoms with Crippen molar-refractivity contribution in [1.29, 1.82) is 0 Å². The average Bonchev–Trinajstić information content (AvgIpc) is 2.57. The predicted molar refractivity (Wildman–Crippen MR) is 71.0 cm³/mol. The van der Waals surface area contributed by atoms with E-state index >= 15 is 0 Å². The Kier molecular flexibility index (Phi) is 4.96. The highest BCUT2D eigenvalue weighted by molar-refractivity contribution is 7.17. The first-order valence-electron chi connectivity index (χ1n) is 5.64. The molecule has 0 saturated heterocycles. The fourth-order valence-corrected chi connectivity index (χ4v) is 2.87. The highest BCUT2D eigenvalue weighted by Gasteiger charge is 2.19. The van der Waals surface area contributed by atoms with Crippen LogP contribution < -0.4 is 10.6 Å². The van der Waals surface area contributed by atoms with Crippen LogP contribution in [0, 0.1) is 0 Å². The van der Waals surface area contributed by atoms with Crippen LogP contribution >= 0.6 is 11.3 Å². The summed E-state index contributed by atoms with van der Waals surface area (Å²) in [6.45, 7) is 3.95. The lowest BCUT2D eigenvalue weighted by Gasteiger charge is -2.07. The number of hydrogen-bond donors (Lipinski definition) is 4. The zero-order chi connectivity index (χ0) is 13.7. The van der Waals surface area contributed by atoms with Crippen LogP contribution in [0.3, 0.4) is 0 Å². The lowest BCUT2D eigenvalue weighted by atomic mass is 10.1. The monoisotopic (exact) mass is 272 g/mol. The maximum absolute atomic E-state index is 10.8. The molecule has 1 aromatic rings. The Morgan fingerprint density at radius 1 is 1.17 bits per heavy atom. The summed E-state index contributed by atoms with van der Waals surface area (Å²) >= 11 is 1.28. The van der Waals surface area contributed by atoms with Crippen molar-refractivity contribution in [2.75, 3.05) is 10.6 Å². The number of carbonyl (C=O) groups is 2. The molecule has 1 heterocycles. The Bertz CT molecular complexity index is 456. The van der Waals surface area contributed by atoms with Gasteiger partial charge in [0.2, 0.25) is 0 Å². The van der Waals surface area contributed by atoms with Gasteiger partial charge in [0, 0.05) is 4.88 Å². The average molecular weight is 272 g/mol. The molecule has 7 heteroatoms. The van der Waals surface area contributed by atoms with Crippen LogP contribution in [0.5, 0.6) is 0 Å². The van der Waals surface area contributed by atoms with E-state index in [1.807, 2.05) is 13.8 Å². The second-order valence-electron chi connectivity index (χ2n) is 3.67. The van der Waals surface area contributed by atoms with Crippen LogP contribution in [0.25, 0.3) is 0 Å². The lowest BCUT2D eigenvalue weighted by molar-refractivity contribution is 0.208. The van der Waals surface area contributed by atoms with E-state index < -0.39 is 12.2 Å². The van der Waals surface area contributed by atoms with E-state index in [-0.39, 0.29) is 0 Å². The molecule has 1 rings (SSSR count). The predicted octanol–water partition coefficient (Wildman–Crippen LogP) is 3.44. The number of aryl methyl sites for hydroxylation is 1. The maximum atomic E-state index is 10.8. The standard InChI is InChI=1S/C11H16N2O4S/c1-3-5-6-7(4-2)18-9(13-11(16)17)8(6)12-10(14)15/h12-13H,3-5H2,1-2H3,(H,14,15)(H,16,17). The largest absolute Gasteiger partial charge is 0.465 e.